The van der Waals surface area contributed by atoms with Crippen LogP contribution in [-0.2, 0) is 6.42 Å². The standard InChI is InChI=1S/C19H34N4O/c1-6-9-13-23(8-3)18-17(7-2)15(4)20-19(21-18)24-14-16-11-10-12-22(16)5/h16H,6-14H2,1-5H3/t16-/m0/s1. The summed E-state index contributed by atoms with van der Waals surface area (Å²) in [7, 11) is 2.17. The van der Waals surface area contributed by atoms with Gasteiger partial charge in [0.2, 0.25) is 0 Å². The Morgan fingerprint density at radius 2 is 2.04 bits per heavy atom. The molecule has 0 aromatic carbocycles. The van der Waals surface area contributed by atoms with Crippen molar-refractivity contribution in [2.45, 2.75) is 65.8 Å². The summed E-state index contributed by atoms with van der Waals surface area (Å²) in [5, 5.41) is 0. The lowest BCUT2D eigenvalue weighted by molar-refractivity contribution is 0.187. The van der Waals surface area contributed by atoms with Crippen LogP contribution in [0.2, 0.25) is 0 Å². The fourth-order valence-electron chi connectivity index (χ4n) is 3.42. The van der Waals surface area contributed by atoms with Gasteiger partial charge in [-0.2, -0.15) is 4.98 Å². The van der Waals surface area contributed by atoms with Crippen LogP contribution >= 0.6 is 0 Å². The summed E-state index contributed by atoms with van der Waals surface area (Å²) in [6.45, 7) is 12.5. The maximum absolute atomic E-state index is 5.99. The van der Waals surface area contributed by atoms with Crippen LogP contribution in [0.25, 0.3) is 0 Å². The van der Waals surface area contributed by atoms with E-state index in [1.54, 1.807) is 0 Å². The van der Waals surface area contributed by atoms with Crippen LogP contribution < -0.4 is 9.64 Å². The molecule has 0 unspecified atom stereocenters. The molecule has 1 aliphatic heterocycles. The molecule has 1 saturated heterocycles. The number of likely N-dealkylation sites (N-methyl/N-ethyl adjacent to an activating group) is 1. The zero-order chi connectivity index (χ0) is 17.5. The van der Waals surface area contributed by atoms with Crippen LogP contribution in [-0.4, -0.2) is 54.2 Å². The summed E-state index contributed by atoms with van der Waals surface area (Å²) in [5.74, 6) is 1.07. The molecular weight excluding hydrogens is 300 g/mol. The summed E-state index contributed by atoms with van der Waals surface area (Å²) < 4.78 is 5.99. The number of aromatic nitrogens is 2. The Morgan fingerprint density at radius 3 is 2.62 bits per heavy atom. The number of unbranched alkanes of at least 4 members (excludes halogenated alkanes) is 1. The van der Waals surface area contributed by atoms with Crippen LogP contribution in [0.4, 0.5) is 5.82 Å². The molecule has 24 heavy (non-hydrogen) atoms. The largest absolute Gasteiger partial charge is 0.462 e. The first-order valence-corrected chi connectivity index (χ1v) is 9.56. The predicted molar refractivity (Wildman–Crippen MR) is 100 cm³/mol. The van der Waals surface area contributed by atoms with Crippen LogP contribution in [0.5, 0.6) is 6.01 Å². The molecule has 1 fully saturated rings. The smallest absolute Gasteiger partial charge is 0.318 e. The lowest BCUT2D eigenvalue weighted by Crippen LogP contribution is -2.31. The molecule has 0 bridgehead atoms. The Hall–Kier alpha value is -1.36. The molecule has 0 amide bonds. The quantitative estimate of drug-likeness (QED) is 0.692. The second-order valence-corrected chi connectivity index (χ2v) is 6.77. The lowest BCUT2D eigenvalue weighted by Gasteiger charge is -2.26. The van der Waals surface area contributed by atoms with Gasteiger partial charge in [0.05, 0.1) is 0 Å². The van der Waals surface area contributed by atoms with Crippen molar-refractivity contribution in [2.24, 2.45) is 0 Å². The highest BCUT2D eigenvalue weighted by atomic mass is 16.5. The van der Waals surface area contributed by atoms with Crippen LogP contribution in [0.3, 0.4) is 0 Å². The van der Waals surface area contributed by atoms with Gasteiger partial charge in [-0.15, -0.1) is 0 Å². The van der Waals surface area contributed by atoms with Gasteiger partial charge in [-0.1, -0.05) is 20.3 Å². The van der Waals surface area contributed by atoms with Crippen LogP contribution in [0.15, 0.2) is 0 Å². The van der Waals surface area contributed by atoms with E-state index in [2.05, 4.69) is 49.5 Å². The third kappa shape index (κ3) is 4.59. The highest BCUT2D eigenvalue weighted by Crippen LogP contribution is 2.25. The highest BCUT2D eigenvalue weighted by Gasteiger charge is 2.22. The minimum Gasteiger partial charge on any atom is -0.462 e. The van der Waals surface area contributed by atoms with Crippen molar-refractivity contribution in [1.82, 2.24) is 14.9 Å². The molecule has 0 radical (unpaired) electrons. The van der Waals surface area contributed by atoms with Crippen molar-refractivity contribution >= 4 is 5.82 Å². The zero-order valence-corrected chi connectivity index (χ0v) is 16.1. The van der Waals surface area contributed by atoms with E-state index in [1.165, 1.54) is 31.2 Å². The lowest BCUT2D eigenvalue weighted by atomic mass is 10.1. The summed E-state index contributed by atoms with van der Waals surface area (Å²) >= 11 is 0. The number of rotatable bonds is 9. The van der Waals surface area contributed by atoms with E-state index in [0.29, 0.717) is 18.7 Å². The minimum atomic E-state index is 0.491. The number of anilines is 1. The third-order valence-corrected chi connectivity index (χ3v) is 5.06. The van der Waals surface area contributed by atoms with Crippen molar-refractivity contribution in [2.75, 3.05) is 38.2 Å². The first-order chi connectivity index (χ1) is 11.6. The van der Waals surface area contributed by atoms with Crippen molar-refractivity contribution in [3.8, 4) is 6.01 Å². The van der Waals surface area contributed by atoms with Crippen molar-refractivity contribution < 1.29 is 4.74 Å². The molecule has 1 atom stereocenters. The van der Waals surface area contributed by atoms with Gasteiger partial charge in [0.25, 0.3) is 0 Å². The predicted octanol–water partition coefficient (Wildman–Crippen LogP) is 3.45. The topological polar surface area (TPSA) is 41.5 Å². The molecule has 1 aromatic heterocycles. The Morgan fingerprint density at radius 1 is 1.25 bits per heavy atom. The van der Waals surface area contributed by atoms with Crippen molar-refractivity contribution in [3.05, 3.63) is 11.3 Å². The summed E-state index contributed by atoms with van der Waals surface area (Å²) in [5.41, 5.74) is 2.30. The third-order valence-electron chi connectivity index (χ3n) is 5.06. The van der Waals surface area contributed by atoms with E-state index in [0.717, 1.165) is 37.6 Å². The first-order valence-electron chi connectivity index (χ1n) is 9.56. The molecule has 2 heterocycles. The number of nitrogens with zero attached hydrogens (tertiary/aromatic N) is 4. The Balaban J connectivity index is 2.16. The highest BCUT2D eigenvalue weighted by molar-refractivity contribution is 5.49. The average molecular weight is 335 g/mol. The van der Waals surface area contributed by atoms with Gasteiger partial charge in [-0.05, 0) is 53.1 Å². The Bertz CT molecular complexity index is 520. The maximum Gasteiger partial charge on any atom is 0.318 e. The van der Waals surface area contributed by atoms with Gasteiger partial charge in [-0.25, -0.2) is 4.98 Å². The molecule has 0 aliphatic carbocycles. The molecule has 5 heteroatoms. The van der Waals surface area contributed by atoms with Gasteiger partial charge in [0.15, 0.2) is 0 Å². The maximum atomic E-state index is 5.99. The number of aryl methyl sites for hydroxylation is 1. The minimum absolute atomic E-state index is 0.491. The second-order valence-electron chi connectivity index (χ2n) is 6.77. The van der Waals surface area contributed by atoms with E-state index < -0.39 is 0 Å². The molecule has 136 valence electrons. The van der Waals surface area contributed by atoms with E-state index >= 15 is 0 Å². The Labute approximate surface area is 147 Å². The van der Waals surface area contributed by atoms with Crippen LogP contribution in [0, 0.1) is 6.92 Å². The normalized spacial score (nSPS) is 18.1. The first kappa shape index (κ1) is 19.0. The number of hydrogen-bond donors (Lipinski definition) is 0. The molecule has 0 spiro atoms. The van der Waals surface area contributed by atoms with E-state index in [-0.39, 0.29) is 0 Å². The van der Waals surface area contributed by atoms with Gasteiger partial charge in [-0.3, -0.25) is 0 Å². The molecule has 1 aliphatic rings. The summed E-state index contributed by atoms with van der Waals surface area (Å²) in [6.07, 6.45) is 5.79. The van der Waals surface area contributed by atoms with Gasteiger partial charge >= 0.3 is 6.01 Å². The number of ether oxygens (including phenoxy) is 1. The molecule has 0 N–H and O–H groups in total. The second kappa shape index (κ2) is 9.21. The molecule has 2 rings (SSSR count). The summed E-state index contributed by atoms with van der Waals surface area (Å²) in [6, 6.07) is 1.03. The fourth-order valence-corrected chi connectivity index (χ4v) is 3.42. The van der Waals surface area contributed by atoms with Crippen molar-refractivity contribution in [1.29, 1.82) is 0 Å². The van der Waals surface area contributed by atoms with E-state index in [1.807, 2.05) is 0 Å². The van der Waals surface area contributed by atoms with Gasteiger partial charge < -0.3 is 14.5 Å². The monoisotopic (exact) mass is 334 g/mol. The zero-order valence-electron chi connectivity index (χ0n) is 16.1. The number of hydrogen-bond acceptors (Lipinski definition) is 5. The SMILES string of the molecule is CCCCN(CC)c1nc(OC[C@@H]2CCCN2C)nc(C)c1CC. The fraction of sp³-hybridized carbons (Fsp3) is 0.789. The van der Waals surface area contributed by atoms with Gasteiger partial charge in [0, 0.05) is 30.4 Å². The van der Waals surface area contributed by atoms with E-state index in [4.69, 9.17) is 9.72 Å². The van der Waals surface area contributed by atoms with Crippen LogP contribution in [0.1, 0.15) is 57.7 Å². The molecule has 5 nitrogen and oxygen atoms in total. The van der Waals surface area contributed by atoms with E-state index in [9.17, 15) is 0 Å². The van der Waals surface area contributed by atoms with Gasteiger partial charge in [0.1, 0.15) is 12.4 Å². The van der Waals surface area contributed by atoms with Crippen molar-refractivity contribution in [3.63, 3.8) is 0 Å². The number of likely N-dealkylation sites (tertiary alicyclic amines) is 1. The molecule has 1 aromatic rings. The summed E-state index contributed by atoms with van der Waals surface area (Å²) in [4.78, 5) is 14.1. The average Bonchev–Trinajstić information content (AvgIpc) is 2.98. The molecular formula is C19H34N4O. The molecule has 0 saturated carbocycles. The Kier molecular flexibility index (Phi) is 7.28.